The number of aliphatic hydroxyl groups is 2. The van der Waals surface area contributed by atoms with Crippen LogP contribution in [0, 0.1) is 22.7 Å². The molecule has 2 saturated carbocycles. The largest absolute Gasteiger partial charge is 0.462 e. The summed E-state index contributed by atoms with van der Waals surface area (Å²) < 4.78 is 29.8. The second-order valence-corrected chi connectivity index (χ2v) is 15.3. The van der Waals surface area contributed by atoms with Gasteiger partial charge in [-0.15, -0.1) is 0 Å². The van der Waals surface area contributed by atoms with Crippen LogP contribution in [0.1, 0.15) is 79.8 Å². The van der Waals surface area contributed by atoms with Gasteiger partial charge in [-0.3, -0.25) is 24.1 Å². The molecule has 52 heavy (non-hydrogen) atoms. The third kappa shape index (κ3) is 7.67. The lowest BCUT2D eigenvalue weighted by molar-refractivity contribution is -0.226. The monoisotopic (exact) mass is 727 g/mol. The second kappa shape index (κ2) is 15.5. The number of hydrogen-bond donors (Lipinski definition) is 2. The van der Waals surface area contributed by atoms with Crippen molar-refractivity contribution in [2.45, 2.75) is 117 Å². The minimum absolute atomic E-state index is 0.164. The number of likely N-dealkylation sites (N-methyl/N-ethyl adjacent to an activating group) is 1. The van der Waals surface area contributed by atoms with Gasteiger partial charge in [-0.2, -0.15) is 0 Å². The Labute approximate surface area is 305 Å². The number of benzene rings is 1. The molecule has 0 amide bonds. The molecule has 0 heterocycles. The maximum absolute atomic E-state index is 13.8. The molecule has 0 radical (unpaired) electrons. The Morgan fingerprint density at radius 2 is 1.38 bits per heavy atom. The molecule has 13 heteroatoms. The van der Waals surface area contributed by atoms with E-state index in [1.54, 1.807) is 57.1 Å². The number of nitrogens with zero attached hydrogens (tertiary/aromatic N) is 1. The van der Waals surface area contributed by atoms with E-state index in [4.69, 9.17) is 23.7 Å². The summed E-state index contributed by atoms with van der Waals surface area (Å²) in [6.45, 7) is 16.3. The topological polar surface area (TPSA) is 175 Å². The second-order valence-electron chi connectivity index (χ2n) is 15.3. The molecule has 4 rings (SSSR count). The minimum Gasteiger partial charge on any atom is -0.462 e. The molecule has 11 atom stereocenters. The summed E-state index contributed by atoms with van der Waals surface area (Å²) in [6.07, 6.45) is -8.87. The summed E-state index contributed by atoms with van der Waals surface area (Å²) in [5, 5.41) is 24.0. The van der Waals surface area contributed by atoms with Crippen LogP contribution in [0.2, 0.25) is 0 Å². The number of rotatable bonds is 9. The minimum atomic E-state index is -1.65. The molecule has 2 unspecified atom stereocenters. The van der Waals surface area contributed by atoms with Crippen LogP contribution in [0.15, 0.2) is 53.6 Å². The molecule has 2 N–H and O–H groups in total. The molecule has 13 nitrogen and oxygen atoms in total. The van der Waals surface area contributed by atoms with Crippen LogP contribution >= 0.6 is 0 Å². The van der Waals surface area contributed by atoms with Gasteiger partial charge in [0.05, 0.1) is 17.6 Å². The van der Waals surface area contributed by atoms with Crippen LogP contribution in [0.5, 0.6) is 0 Å². The van der Waals surface area contributed by atoms with Gasteiger partial charge in [0.25, 0.3) is 0 Å². The van der Waals surface area contributed by atoms with Gasteiger partial charge in [0, 0.05) is 40.0 Å². The zero-order valence-electron chi connectivity index (χ0n) is 31.7. The van der Waals surface area contributed by atoms with E-state index in [2.05, 4.69) is 6.58 Å². The smallest absolute Gasteiger partial charge is 0.337 e. The van der Waals surface area contributed by atoms with Crippen molar-refractivity contribution in [2.24, 2.45) is 22.7 Å². The fourth-order valence-electron chi connectivity index (χ4n) is 9.05. The molecule has 0 spiro atoms. The predicted molar refractivity (Wildman–Crippen MR) is 187 cm³/mol. The van der Waals surface area contributed by atoms with E-state index in [1.165, 1.54) is 27.7 Å². The summed E-state index contributed by atoms with van der Waals surface area (Å²) in [5.74, 6) is -5.48. The van der Waals surface area contributed by atoms with Crippen LogP contribution in [-0.4, -0.2) is 102 Å². The number of carbonyl (C=O) groups excluding carboxylic acids is 5. The van der Waals surface area contributed by atoms with Gasteiger partial charge < -0.3 is 33.9 Å². The van der Waals surface area contributed by atoms with Crippen molar-refractivity contribution < 1.29 is 57.9 Å². The number of aliphatic hydroxyl groups excluding tert-OH is 2. The van der Waals surface area contributed by atoms with Crippen LogP contribution in [0.3, 0.4) is 0 Å². The number of carbonyl (C=O) groups is 5. The van der Waals surface area contributed by atoms with Crippen LogP contribution in [-0.2, 0) is 47.7 Å². The quantitative estimate of drug-likeness (QED) is 0.215. The van der Waals surface area contributed by atoms with Crippen molar-refractivity contribution in [3.05, 3.63) is 59.2 Å². The Hall–Kier alpha value is -4.07. The standard InChI is InChI=1S/C39H53NO12/c1-19-28(52-37(47)34(46)32(40(10)11)25-15-13-12-14-16-25)18-29(49-22(4)42)39(9)30(19)33(45)26-17-27(48-21(3)41)20(2)31(38(26,7)8)35(50-23(5)43)36(39)51-24(6)44/h12-16,26-30,32-36,45-46H,1,17-18H2,2-11H3/t26-,27-,28-,29-,30-,32?,33+,34?,35+,36-,39+/m0/s1. The molecule has 3 aliphatic rings. The fourth-order valence-corrected chi connectivity index (χ4v) is 9.05. The van der Waals surface area contributed by atoms with E-state index in [9.17, 15) is 34.2 Å². The van der Waals surface area contributed by atoms with Gasteiger partial charge in [-0.05, 0) is 61.1 Å². The molecule has 0 saturated heterocycles. The number of esters is 5. The summed E-state index contributed by atoms with van der Waals surface area (Å²) in [6, 6.07) is 8.17. The molecule has 3 aliphatic carbocycles. The first-order chi connectivity index (χ1) is 24.1. The lowest BCUT2D eigenvalue weighted by Gasteiger charge is -2.61. The van der Waals surface area contributed by atoms with Crippen molar-refractivity contribution >= 4 is 29.8 Å². The maximum atomic E-state index is 13.8. The molecule has 286 valence electrons. The van der Waals surface area contributed by atoms with Crippen molar-refractivity contribution in [1.82, 2.24) is 4.90 Å². The predicted octanol–water partition coefficient (Wildman–Crippen LogP) is 3.61. The normalized spacial score (nSPS) is 32.3. The van der Waals surface area contributed by atoms with Crippen molar-refractivity contribution in [3.63, 3.8) is 0 Å². The highest BCUT2D eigenvalue weighted by Crippen LogP contribution is 2.61. The zero-order valence-corrected chi connectivity index (χ0v) is 31.7. The lowest BCUT2D eigenvalue weighted by atomic mass is 9.48. The highest BCUT2D eigenvalue weighted by molar-refractivity contribution is 5.76. The van der Waals surface area contributed by atoms with Crippen LogP contribution in [0.4, 0.5) is 0 Å². The lowest BCUT2D eigenvalue weighted by Crippen LogP contribution is -2.68. The summed E-state index contributed by atoms with van der Waals surface area (Å²) >= 11 is 0. The molecular formula is C39H53NO12. The first-order valence-corrected chi connectivity index (χ1v) is 17.5. The van der Waals surface area contributed by atoms with Crippen molar-refractivity contribution in [2.75, 3.05) is 14.1 Å². The maximum Gasteiger partial charge on any atom is 0.337 e. The summed E-state index contributed by atoms with van der Waals surface area (Å²) in [7, 11) is 3.43. The van der Waals surface area contributed by atoms with E-state index < -0.39 is 101 Å². The Kier molecular flexibility index (Phi) is 12.1. The number of ether oxygens (including phenoxy) is 5. The van der Waals surface area contributed by atoms with E-state index in [0.717, 1.165) is 0 Å². The molecule has 1 aromatic rings. The van der Waals surface area contributed by atoms with Crippen molar-refractivity contribution in [1.29, 1.82) is 0 Å². The summed E-state index contributed by atoms with van der Waals surface area (Å²) in [4.78, 5) is 66.4. The van der Waals surface area contributed by atoms with Gasteiger partial charge in [0.15, 0.2) is 18.3 Å². The van der Waals surface area contributed by atoms with Crippen molar-refractivity contribution in [3.8, 4) is 0 Å². The Balaban J connectivity index is 1.93. The van der Waals surface area contributed by atoms with E-state index in [-0.39, 0.29) is 18.4 Å². The number of hydrogen-bond acceptors (Lipinski definition) is 13. The Morgan fingerprint density at radius 1 is 0.827 bits per heavy atom. The van der Waals surface area contributed by atoms with Gasteiger partial charge in [0.2, 0.25) is 0 Å². The van der Waals surface area contributed by atoms with E-state index >= 15 is 0 Å². The molecule has 0 aliphatic heterocycles. The van der Waals surface area contributed by atoms with E-state index in [0.29, 0.717) is 16.7 Å². The molecule has 1 aromatic carbocycles. The van der Waals surface area contributed by atoms with Crippen LogP contribution < -0.4 is 0 Å². The molecule has 0 aromatic heterocycles. The van der Waals surface area contributed by atoms with Gasteiger partial charge in [-0.25, -0.2) is 4.79 Å². The number of fused-ring (bicyclic) bond motifs is 3. The van der Waals surface area contributed by atoms with Crippen LogP contribution in [0.25, 0.3) is 0 Å². The average Bonchev–Trinajstić information content (AvgIpc) is 3.02. The van der Waals surface area contributed by atoms with Gasteiger partial charge in [-0.1, -0.05) is 57.7 Å². The third-order valence-electron chi connectivity index (χ3n) is 11.2. The zero-order chi connectivity index (χ0) is 39.0. The highest BCUT2D eigenvalue weighted by Gasteiger charge is 2.67. The molecule has 2 fully saturated rings. The van der Waals surface area contributed by atoms with E-state index in [1.807, 2.05) is 19.9 Å². The SMILES string of the molecule is C=C1[C@@H](OC(=O)C(O)C(c2ccccc2)N(C)C)C[C@H](OC(C)=O)[C@@]2(C)[C@@H](OC(C)=O)[C@H](OC(C)=O)C3=C(C)[C@@H](OC(C)=O)C[C@@H]([C@@H](O)[C@H]12)C3(C)C. The van der Waals surface area contributed by atoms with Gasteiger partial charge in [0.1, 0.15) is 18.3 Å². The fraction of sp³-hybridized carbons (Fsp3) is 0.615. The first kappa shape index (κ1) is 40.7. The third-order valence-corrected chi connectivity index (χ3v) is 11.2. The first-order valence-electron chi connectivity index (χ1n) is 17.5. The Morgan fingerprint density at radius 3 is 1.90 bits per heavy atom. The molecule has 2 bridgehead atoms. The average molecular weight is 728 g/mol. The molecular weight excluding hydrogens is 674 g/mol. The Bertz CT molecular complexity index is 1600. The summed E-state index contributed by atoms with van der Waals surface area (Å²) in [5.41, 5.74) is -0.529. The van der Waals surface area contributed by atoms with Gasteiger partial charge >= 0.3 is 29.8 Å². The highest BCUT2D eigenvalue weighted by atomic mass is 16.6.